The number of likely N-dealkylation sites (N-methyl/N-ethyl adjacent to an activating group) is 1. The molecule has 0 radical (unpaired) electrons. The molecular formula is C22H27N3O3. The molecule has 6 heteroatoms. The van der Waals surface area contributed by atoms with Gasteiger partial charge in [-0.05, 0) is 42.9 Å². The number of benzene rings is 2. The monoisotopic (exact) mass is 381 g/mol. The Hall–Kier alpha value is -2.86. The van der Waals surface area contributed by atoms with Crippen LogP contribution in [0.15, 0.2) is 54.6 Å². The molecule has 0 aliphatic carbocycles. The van der Waals surface area contributed by atoms with Crippen molar-refractivity contribution in [2.45, 2.75) is 13.8 Å². The van der Waals surface area contributed by atoms with E-state index in [9.17, 15) is 9.59 Å². The van der Waals surface area contributed by atoms with E-state index >= 15 is 0 Å². The summed E-state index contributed by atoms with van der Waals surface area (Å²) in [6.45, 7) is 7.85. The van der Waals surface area contributed by atoms with E-state index in [2.05, 4.69) is 11.8 Å². The number of nitrogens with zero attached hydrogens (tertiary/aromatic N) is 3. The maximum Gasteiger partial charge on any atom is 0.242 e. The van der Waals surface area contributed by atoms with Gasteiger partial charge < -0.3 is 19.4 Å². The number of anilines is 1. The van der Waals surface area contributed by atoms with Crippen molar-refractivity contribution in [1.29, 1.82) is 0 Å². The molecule has 1 saturated heterocycles. The van der Waals surface area contributed by atoms with Crippen LogP contribution in [0.3, 0.4) is 0 Å². The summed E-state index contributed by atoms with van der Waals surface area (Å²) in [7, 11) is 0. The van der Waals surface area contributed by atoms with Gasteiger partial charge in [0.15, 0.2) is 0 Å². The molecule has 0 saturated carbocycles. The number of hydrogen-bond acceptors (Lipinski definition) is 4. The zero-order valence-corrected chi connectivity index (χ0v) is 16.5. The molecule has 2 amide bonds. The zero-order chi connectivity index (χ0) is 19.9. The fraction of sp³-hybridized carbons (Fsp3) is 0.364. The van der Waals surface area contributed by atoms with Crippen molar-refractivity contribution in [3.8, 4) is 11.5 Å². The van der Waals surface area contributed by atoms with Gasteiger partial charge in [-0.3, -0.25) is 9.59 Å². The van der Waals surface area contributed by atoms with Gasteiger partial charge in [-0.1, -0.05) is 25.1 Å². The van der Waals surface area contributed by atoms with Gasteiger partial charge in [0.2, 0.25) is 11.8 Å². The lowest BCUT2D eigenvalue weighted by Gasteiger charge is -2.35. The molecule has 3 rings (SSSR count). The van der Waals surface area contributed by atoms with E-state index in [0.717, 1.165) is 25.4 Å². The van der Waals surface area contributed by atoms with Crippen LogP contribution in [-0.2, 0) is 9.59 Å². The van der Waals surface area contributed by atoms with Crippen molar-refractivity contribution in [3.05, 3.63) is 54.6 Å². The first-order chi connectivity index (χ1) is 13.6. The molecule has 1 fully saturated rings. The standard InChI is InChI=1S/C22H27N3O3/c1-3-23-13-15-24(16-14-23)22(27)17-25(18(2)26)19-9-11-21(12-10-19)28-20-7-5-4-6-8-20/h4-12H,3,13-17H2,1-2H3. The topological polar surface area (TPSA) is 53.1 Å². The minimum absolute atomic E-state index is 0.0180. The molecule has 148 valence electrons. The Kier molecular flexibility index (Phi) is 6.66. The summed E-state index contributed by atoms with van der Waals surface area (Å²) in [4.78, 5) is 30.5. The summed E-state index contributed by atoms with van der Waals surface area (Å²) in [5.41, 5.74) is 0.688. The third kappa shape index (κ3) is 5.10. The van der Waals surface area contributed by atoms with Gasteiger partial charge in [-0.15, -0.1) is 0 Å². The molecule has 6 nitrogen and oxygen atoms in total. The second kappa shape index (κ2) is 9.37. The average molecular weight is 381 g/mol. The van der Waals surface area contributed by atoms with E-state index in [0.29, 0.717) is 24.5 Å². The van der Waals surface area contributed by atoms with Crippen LogP contribution in [0.2, 0.25) is 0 Å². The highest BCUT2D eigenvalue weighted by Gasteiger charge is 2.23. The van der Waals surface area contributed by atoms with Crippen molar-refractivity contribution in [1.82, 2.24) is 9.80 Å². The summed E-state index contributed by atoms with van der Waals surface area (Å²) in [5.74, 6) is 1.26. The Morgan fingerprint density at radius 2 is 1.54 bits per heavy atom. The molecular weight excluding hydrogens is 354 g/mol. The number of ether oxygens (including phenoxy) is 1. The number of amides is 2. The Morgan fingerprint density at radius 3 is 2.11 bits per heavy atom. The highest BCUT2D eigenvalue weighted by atomic mass is 16.5. The molecule has 0 aromatic heterocycles. The number of para-hydroxylation sites is 1. The molecule has 0 unspecified atom stereocenters. The number of carbonyl (C=O) groups excluding carboxylic acids is 2. The van der Waals surface area contributed by atoms with Crippen LogP contribution in [-0.4, -0.2) is 60.9 Å². The van der Waals surface area contributed by atoms with Crippen LogP contribution in [0, 0.1) is 0 Å². The first-order valence-electron chi connectivity index (χ1n) is 9.68. The van der Waals surface area contributed by atoms with E-state index in [4.69, 9.17) is 4.74 Å². The summed E-state index contributed by atoms with van der Waals surface area (Å²) in [6, 6.07) is 16.7. The van der Waals surface area contributed by atoms with Gasteiger partial charge in [0.25, 0.3) is 0 Å². The van der Waals surface area contributed by atoms with Crippen molar-refractivity contribution in [3.63, 3.8) is 0 Å². The van der Waals surface area contributed by atoms with Crippen LogP contribution >= 0.6 is 0 Å². The number of carbonyl (C=O) groups is 2. The number of piperazine rings is 1. The Balaban J connectivity index is 1.63. The Labute approximate surface area is 166 Å². The highest BCUT2D eigenvalue weighted by Crippen LogP contribution is 2.24. The van der Waals surface area contributed by atoms with E-state index in [1.807, 2.05) is 59.5 Å². The van der Waals surface area contributed by atoms with Gasteiger partial charge in [0, 0.05) is 38.8 Å². The van der Waals surface area contributed by atoms with Crippen molar-refractivity contribution < 1.29 is 14.3 Å². The maximum atomic E-state index is 12.7. The second-order valence-corrected chi connectivity index (χ2v) is 6.83. The van der Waals surface area contributed by atoms with E-state index in [-0.39, 0.29) is 18.4 Å². The third-order valence-electron chi connectivity index (χ3n) is 4.97. The molecule has 0 spiro atoms. The highest BCUT2D eigenvalue weighted by molar-refractivity contribution is 5.97. The molecule has 1 aliphatic rings. The van der Waals surface area contributed by atoms with Gasteiger partial charge in [-0.2, -0.15) is 0 Å². The zero-order valence-electron chi connectivity index (χ0n) is 16.5. The van der Waals surface area contributed by atoms with Crippen molar-refractivity contribution in [2.24, 2.45) is 0 Å². The predicted octanol–water partition coefficient (Wildman–Crippen LogP) is 3.00. The molecule has 1 heterocycles. The molecule has 0 bridgehead atoms. The molecule has 28 heavy (non-hydrogen) atoms. The lowest BCUT2D eigenvalue weighted by Crippen LogP contribution is -2.51. The largest absolute Gasteiger partial charge is 0.457 e. The summed E-state index contributed by atoms with van der Waals surface area (Å²) < 4.78 is 5.79. The van der Waals surface area contributed by atoms with E-state index in [1.54, 1.807) is 0 Å². The van der Waals surface area contributed by atoms with Gasteiger partial charge in [-0.25, -0.2) is 0 Å². The summed E-state index contributed by atoms with van der Waals surface area (Å²) in [6.07, 6.45) is 0. The van der Waals surface area contributed by atoms with E-state index in [1.165, 1.54) is 11.8 Å². The molecule has 2 aromatic carbocycles. The molecule has 0 N–H and O–H groups in total. The SMILES string of the molecule is CCN1CCN(C(=O)CN(C(C)=O)c2ccc(Oc3ccccc3)cc2)CC1. The van der Waals surface area contributed by atoms with Gasteiger partial charge >= 0.3 is 0 Å². The fourth-order valence-corrected chi connectivity index (χ4v) is 3.25. The van der Waals surface area contributed by atoms with Crippen molar-refractivity contribution >= 4 is 17.5 Å². The minimum Gasteiger partial charge on any atom is -0.457 e. The number of rotatable bonds is 6. The Morgan fingerprint density at radius 1 is 0.929 bits per heavy atom. The Bertz CT molecular complexity index is 784. The van der Waals surface area contributed by atoms with Crippen LogP contribution in [0.4, 0.5) is 5.69 Å². The lowest BCUT2D eigenvalue weighted by atomic mass is 10.2. The summed E-state index contributed by atoms with van der Waals surface area (Å²) >= 11 is 0. The van der Waals surface area contributed by atoms with Crippen LogP contribution in [0.1, 0.15) is 13.8 Å². The second-order valence-electron chi connectivity index (χ2n) is 6.83. The molecule has 1 aliphatic heterocycles. The number of hydrogen-bond donors (Lipinski definition) is 0. The quantitative estimate of drug-likeness (QED) is 0.772. The third-order valence-corrected chi connectivity index (χ3v) is 4.97. The van der Waals surface area contributed by atoms with Gasteiger partial charge in [0.05, 0.1) is 0 Å². The first-order valence-corrected chi connectivity index (χ1v) is 9.68. The van der Waals surface area contributed by atoms with Gasteiger partial charge in [0.1, 0.15) is 18.0 Å². The normalized spacial score (nSPS) is 14.6. The predicted molar refractivity (Wildman–Crippen MR) is 110 cm³/mol. The molecule has 0 atom stereocenters. The minimum atomic E-state index is -0.155. The molecule has 2 aromatic rings. The smallest absolute Gasteiger partial charge is 0.242 e. The average Bonchev–Trinajstić information content (AvgIpc) is 2.73. The van der Waals surface area contributed by atoms with Crippen LogP contribution in [0.25, 0.3) is 0 Å². The van der Waals surface area contributed by atoms with Crippen LogP contribution < -0.4 is 9.64 Å². The van der Waals surface area contributed by atoms with Crippen molar-refractivity contribution in [2.75, 3.05) is 44.2 Å². The maximum absolute atomic E-state index is 12.7. The van der Waals surface area contributed by atoms with Crippen LogP contribution in [0.5, 0.6) is 11.5 Å². The lowest BCUT2D eigenvalue weighted by molar-refractivity contribution is -0.132. The first kappa shape index (κ1) is 19.9. The fourth-order valence-electron chi connectivity index (χ4n) is 3.25. The summed E-state index contributed by atoms with van der Waals surface area (Å²) in [5, 5.41) is 0. The van der Waals surface area contributed by atoms with E-state index < -0.39 is 0 Å².